The van der Waals surface area contributed by atoms with Crippen molar-refractivity contribution in [3.63, 3.8) is 0 Å². The third kappa shape index (κ3) is 4.85. The van der Waals surface area contributed by atoms with Crippen LogP contribution in [0.1, 0.15) is 39.6 Å². The lowest BCUT2D eigenvalue weighted by Crippen LogP contribution is -2.30. The molecule has 0 unspecified atom stereocenters. The lowest BCUT2D eigenvalue weighted by molar-refractivity contribution is -0.119. The van der Waals surface area contributed by atoms with Crippen molar-refractivity contribution in [2.45, 2.75) is 31.8 Å². The van der Waals surface area contributed by atoms with Crippen LogP contribution in [0.25, 0.3) is 0 Å². The largest absolute Gasteiger partial charge is 0.344 e. The number of thioether (sulfide) groups is 1. The van der Waals surface area contributed by atoms with Crippen LogP contribution in [0.4, 0.5) is 0 Å². The van der Waals surface area contributed by atoms with E-state index in [0.29, 0.717) is 10.6 Å². The van der Waals surface area contributed by atoms with E-state index in [2.05, 4.69) is 16.4 Å². The number of rotatable bonds is 6. The second kappa shape index (κ2) is 9.40. The summed E-state index contributed by atoms with van der Waals surface area (Å²) < 4.78 is 0. The average Bonchev–Trinajstić information content (AvgIpc) is 2.75. The Morgan fingerprint density at radius 3 is 2.07 bits per heavy atom. The van der Waals surface area contributed by atoms with E-state index in [4.69, 9.17) is 0 Å². The molecule has 1 heterocycles. The number of nitrogens with zero attached hydrogens (tertiary/aromatic N) is 2. The van der Waals surface area contributed by atoms with Crippen LogP contribution >= 0.6 is 11.8 Å². The monoisotopic (exact) mass is 401 g/mol. The van der Waals surface area contributed by atoms with Crippen LogP contribution < -0.4 is 5.32 Å². The average molecular weight is 402 g/mol. The van der Waals surface area contributed by atoms with E-state index in [0.717, 1.165) is 27.9 Å². The number of nitrogens with one attached hydrogen (secondary N) is 1. The topological polar surface area (TPSA) is 65.8 Å². The molecule has 3 rings (SSSR count). The van der Waals surface area contributed by atoms with Gasteiger partial charge in [0.25, 0.3) is 0 Å². The molecule has 0 aliphatic heterocycles. The number of carbonyl (C=O) groups excluding carboxylic acids is 1. The van der Waals surface area contributed by atoms with Gasteiger partial charge in [-0.15, -0.1) is 0 Å². The number of pyridine rings is 1. The Bertz CT molecular complexity index is 1000. The van der Waals surface area contributed by atoms with Gasteiger partial charge in [0.15, 0.2) is 0 Å². The molecule has 0 saturated carbocycles. The molecule has 0 radical (unpaired) electrons. The molecule has 4 nitrogen and oxygen atoms in total. The summed E-state index contributed by atoms with van der Waals surface area (Å²) in [6.45, 7) is 5.81. The molecule has 0 atom stereocenters. The number of nitriles is 1. The Kier molecular flexibility index (Phi) is 6.69. The zero-order valence-electron chi connectivity index (χ0n) is 16.8. The van der Waals surface area contributed by atoms with Gasteiger partial charge in [-0.3, -0.25) is 4.79 Å². The Morgan fingerprint density at radius 2 is 1.55 bits per heavy atom. The summed E-state index contributed by atoms with van der Waals surface area (Å²) >= 11 is 1.30. The maximum absolute atomic E-state index is 12.8. The summed E-state index contributed by atoms with van der Waals surface area (Å²) in [7, 11) is 0. The molecule has 5 heteroatoms. The number of aryl methyl sites for hydroxylation is 1. The van der Waals surface area contributed by atoms with Crippen LogP contribution in [0.3, 0.4) is 0 Å². The fourth-order valence-electron chi connectivity index (χ4n) is 3.13. The molecule has 0 aliphatic carbocycles. The van der Waals surface area contributed by atoms with E-state index in [-0.39, 0.29) is 17.7 Å². The van der Waals surface area contributed by atoms with E-state index < -0.39 is 0 Å². The molecular weight excluding hydrogens is 378 g/mol. The highest BCUT2D eigenvalue weighted by molar-refractivity contribution is 8.00. The molecule has 29 heavy (non-hydrogen) atoms. The van der Waals surface area contributed by atoms with Gasteiger partial charge in [0.2, 0.25) is 5.91 Å². The lowest BCUT2D eigenvalue weighted by Gasteiger charge is -2.20. The molecule has 0 bridgehead atoms. The first kappa shape index (κ1) is 20.6. The van der Waals surface area contributed by atoms with Crippen molar-refractivity contribution in [1.82, 2.24) is 10.3 Å². The normalized spacial score (nSPS) is 10.6. The maximum atomic E-state index is 12.8. The van der Waals surface area contributed by atoms with Crippen molar-refractivity contribution >= 4 is 17.7 Å². The minimum atomic E-state index is -0.226. The summed E-state index contributed by atoms with van der Waals surface area (Å²) in [6, 6.07) is 21.8. The SMILES string of the molecule is Cc1nc(SCC(=O)NC(c2ccccc2)c2ccccc2)c(C#N)c(C)c1C. The summed E-state index contributed by atoms with van der Waals surface area (Å²) in [5, 5.41) is 13.3. The fourth-order valence-corrected chi connectivity index (χ4v) is 4.03. The Labute approximate surface area is 176 Å². The molecular formula is C24H23N3OS. The van der Waals surface area contributed by atoms with Crippen molar-refractivity contribution in [1.29, 1.82) is 5.26 Å². The third-order valence-corrected chi connectivity index (χ3v) is 5.96. The molecule has 0 aliphatic rings. The van der Waals surface area contributed by atoms with Gasteiger partial charge in [0, 0.05) is 5.69 Å². The Hall–Kier alpha value is -3.10. The third-order valence-electron chi connectivity index (χ3n) is 4.99. The first-order valence-corrected chi connectivity index (χ1v) is 10.4. The van der Waals surface area contributed by atoms with Crippen molar-refractivity contribution in [2.24, 2.45) is 0 Å². The standard InChI is InChI=1S/C24H23N3OS/c1-16-17(2)21(14-25)24(26-18(16)3)29-15-22(28)27-23(19-10-6-4-7-11-19)20-12-8-5-9-13-20/h4-13,23H,15H2,1-3H3,(H,27,28). The van der Waals surface area contributed by atoms with E-state index in [9.17, 15) is 10.1 Å². The fraction of sp³-hybridized carbons (Fsp3) is 0.208. The van der Waals surface area contributed by atoms with Crippen LogP contribution in [0, 0.1) is 32.1 Å². The number of amides is 1. The highest BCUT2D eigenvalue weighted by Crippen LogP contribution is 2.27. The molecule has 0 spiro atoms. The number of benzene rings is 2. The van der Waals surface area contributed by atoms with Crippen molar-refractivity contribution < 1.29 is 4.79 Å². The summed E-state index contributed by atoms with van der Waals surface area (Å²) in [5.74, 6) is 0.0917. The summed E-state index contributed by atoms with van der Waals surface area (Å²) in [6.07, 6.45) is 0. The molecule has 146 valence electrons. The number of carbonyl (C=O) groups is 1. The summed E-state index contributed by atoms with van der Waals surface area (Å²) in [5.41, 5.74) is 5.42. The Morgan fingerprint density at radius 1 is 1.00 bits per heavy atom. The quantitative estimate of drug-likeness (QED) is 0.598. The smallest absolute Gasteiger partial charge is 0.231 e. The molecule has 0 saturated heterocycles. The lowest BCUT2D eigenvalue weighted by atomic mass is 9.99. The minimum Gasteiger partial charge on any atom is -0.344 e. The predicted octanol–water partition coefficient (Wildman–Crippen LogP) is 4.88. The number of hydrogen-bond donors (Lipinski definition) is 1. The second-order valence-corrected chi connectivity index (χ2v) is 7.81. The molecule has 1 N–H and O–H groups in total. The van der Waals surface area contributed by atoms with E-state index in [1.54, 1.807) is 0 Å². The number of hydrogen-bond acceptors (Lipinski definition) is 4. The maximum Gasteiger partial charge on any atom is 0.231 e. The van der Waals surface area contributed by atoms with Crippen molar-refractivity contribution in [3.8, 4) is 6.07 Å². The minimum absolute atomic E-state index is 0.103. The van der Waals surface area contributed by atoms with E-state index >= 15 is 0 Å². The highest BCUT2D eigenvalue weighted by Gasteiger charge is 2.18. The van der Waals surface area contributed by atoms with Gasteiger partial charge in [-0.25, -0.2) is 4.98 Å². The van der Waals surface area contributed by atoms with Crippen LogP contribution in [0.15, 0.2) is 65.7 Å². The highest BCUT2D eigenvalue weighted by atomic mass is 32.2. The van der Waals surface area contributed by atoms with Crippen molar-refractivity contribution in [2.75, 3.05) is 5.75 Å². The molecule has 1 amide bonds. The number of aromatic nitrogens is 1. The molecule has 1 aromatic heterocycles. The zero-order chi connectivity index (χ0) is 20.8. The van der Waals surface area contributed by atoms with Gasteiger partial charge in [-0.05, 0) is 43.0 Å². The van der Waals surface area contributed by atoms with Crippen LogP contribution in [-0.2, 0) is 4.79 Å². The summed E-state index contributed by atoms with van der Waals surface area (Å²) in [4.78, 5) is 17.3. The Balaban J connectivity index is 1.78. The first-order valence-electron chi connectivity index (χ1n) is 9.41. The molecule has 2 aromatic carbocycles. The van der Waals surface area contributed by atoms with Gasteiger partial charge >= 0.3 is 0 Å². The van der Waals surface area contributed by atoms with Gasteiger partial charge in [0.05, 0.1) is 17.4 Å². The van der Waals surface area contributed by atoms with Crippen LogP contribution in [0.2, 0.25) is 0 Å². The first-order chi connectivity index (χ1) is 14.0. The van der Waals surface area contributed by atoms with Gasteiger partial charge in [-0.1, -0.05) is 72.4 Å². The van der Waals surface area contributed by atoms with E-state index in [1.807, 2.05) is 81.4 Å². The zero-order valence-corrected chi connectivity index (χ0v) is 17.6. The van der Waals surface area contributed by atoms with Gasteiger partial charge in [0.1, 0.15) is 11.1 Å². The van der Waals surface area contributed by atoms with Crippen molar-refractivity contribution in [3.05, 3.63) is 94.2 Å². The molecule has 0 fully saturated rings. The van der Waals surface area contributed by atoms with E-state index in [1.165, 1.54) is 11.8 Å². The van der Waals surface area contributed by atoms with Crippen LogP contribution in [0.5, 0.6) is 0 Å². The van der Waals surface area contributed by atoms with Gasteiger partial charge in [-0.2, -0.15) is 5.26 Å². The second-order valence-electron chi connectivity index (χ2n) is 6.85. The van der Waals surface area contributed by atoms with Gasteiger partial charge < -0.3 is 5.32 Å². The predicted molar refractivity (Wildman–Crippen MR) is 117 cm³/mol. The van der Waals surface area contributed by atoms with Crippen LogP contribution in [-0.4, -0.2) is 16.6 Å². The molecule has 3 aromatic rings.